The highest BCUT2D eigenvalue weighted by Gasteiger charge is 2.35. The first kappa shape index (κ1) is 12.7. The van der Waals surface area contributed by atoms with E-state index in [4.69, 9.17) is 0 Å². The Labute approximate surface area is 115 Å². The van der Waals surface area contributed by atoms with E-state index in [9.17, 15) is 4.79 Å². The Kier molecular flexibility index (Phi) is 3.31. The molecule has 2 aliphatic rings. The van der Waals surface area contributed by atoms with Crippen molar-refractivity contribution >= 4 is 11.6 Å². The molecule has 0 spiro atoms. The lowest BCUT2D eigenvalue weighted by atomic mass is 9.87. The van der Waals surface area contributed by atoms with Crippen LogP contribution >= 0.6 is 0 Å². The monoisotopic (exact) mass is 258 g/mol. The maximum atomic E-state index is 12.4. The topological polar surface area (TPSA) is 32.3 Å². The van der Waals surface area contributed by atoms with Crippen LogP contribution in [0.15, 0.2) is 24.3 Å². The Balaban J connectivity index is 2.03. The van der Waals surface area contributed by atoms with Crippen LogP contribution in [0.2, 0.25) is 0 Å². The third kappa shape index (κ3) is 2.16. The fraction of sp³-hybridized carbons (Fsp3) is 0.562. The fourth-order valence-corrected chi connectivity index (χ4v) is 3.40. The van der Waals surface area contributed by atoms with Gasteiger partial charge in [0.25, 0.3) is 0 Å². The van der Waals surface area contributed by atoms with Crippen molar-refractivity contribution in [3.63, 3.8) is 0 Å². The zero-order valence-corrected chi connectivity index (χ0v) is 11.7. The summed E-state index contributed by atoms with van der Waals surface area (Å²) in [6, 6.07) is 8.45. The molecule has 3 heteroatoms. The number of nitrogens with zero attached hydrogens (tertiary/aromatic N) is 1. The summed E-state index contributed by atoms with van der Waals surface area (Å²) in [5.74, 6) is 1.55. The Bertz CT molecular complexity index is 483. The van der Waals surface area contributed by atoms with E-state index in [-0.39, 0.29) is 11.8 Å². The molecule has 1 saturated heterocycles. The van der Waals surface area contributed by atoms with Gasteiger partial charge in [-0.1, -0.05) is 32.0 Å². The number of nitrogens with one attached hydrogen (secondary N) is 1. The molecule has 0 saturated carbocycles. The van der Waals surface area contributed by atoms with Crippen LogP contribution in [-0.4, -0.2) is 25.5 Å². The summed E-state index contributed by atoms with van der Waals surface area (Å²) in [4.78, 5) is 14.5. The molecule has 0 bridgehead atoms. The van der Waals surface area contributed by atoms with E-state index in [1.807, 2.05) is 24.8 Å². The van der Waals surface area contributed by atoms with Crippen LogP contribution in [0.1, 0.15) is 31.7 Å². The first-order chi connectivity index (χ1) is 9.18. The van der Waals surface area contributed by atoms with Crippen molar-refractivity contribution in [1.29, 1.82) is 0 Å². The lowest BCUT2D eigenvalue weighted by Gasteiger charge is -2.25. The van der Waals surface area contributed by atoms with E-state index in [1.165, 1.54) is 5.56 Å². The molecule has 3 nitrogen and oxygen atoms in total. The highest BCUT2D eigenvalue weighted by Crippen LogP contribution is 2.39. The van der Waals surface area contributed by atoms with Gasteiger partial charge in [-0.3, -0.25) is 4.79 Å². The van der Waals surface area contributed by atoms with Crippen LogP contribution in [0.3, 0.4) is 0 Å². The predicted molar refractivity (Wildman–Crippen MR) is 77.4 cm³/mol. The Hall–Kier alpha value is -1.35. The van der Waals surface area contributed by atoms with Gasteiger partial charge >= 0.3 is 0 Å². The number of carbonyl (C=O) groups excluding carboxylic acids is 1. The molecule has 1 aromatic rings. The summed E-state index contributed by atoms with van der Waals surface area (Å²) in [5, 5.41) is 3.50. The van der Waals surface area contributed by atoms with Gasteiger partial charge in [-0.15, -0.1) is 0 Å². The van der Waals surface area contributed by atoms with Gasteiger partial charge in [0, 0.05) is 30.6 Å². The summed E-state index contributed by atoms with van der Waals surface area (Å²) in [5.41, 5.74) is 2.49. The minimum absolute atomic E-state index is 0.0594. The molecule has 1 N–H and O–H groups in total. The Morgan fingerprint density at radius 3 is 2.89 bits per heavy atom. The number of anilines is 1. The van der Waals surface area contributed by atoms with E-state index in [1.54, 1.807) is 0 Å². The van der Waals surface area contributed by atoms with Gasteiger partial charge in [0.2, 0.25) is 5.91 Å². The summed E-state index contributed by atoms with van der Waals surface area (Å²) in [6.45, 7) is 6.96. The molecule has 0 aromatic heterocycles. The number of benzene rings is 1. The molecule has 1 aromatic carbocycles. The number of para-hydroxylation sites is 1. The predicted octanol–water partition coefficient (Wildman–Crippen LogP) is 2.38. The van der Waals surface area contributed by atoms with Gasteiger partial charge in [-0.05, 0) is 30.5 Å². The van der Waals surface area contributed by atoms with Crippen molar-refractivity contribution in [3.05, 3.63) is 29.8 Å². The van der Waals surface area contributed by atoms with Gasteiger partial charge in [0.1, 0.15) is 0 Å². The van der Waals surface area contributed by atoms with Gasteiger partial charge in [0.05, 0.1) is 0 Å². The van der Waals surface area contributed by atoms with Gasteiger partial charge in [-0.25, -0.2) is 0 Å². The van der Waals surface area contributed by atoms with Crippen molar-refractivity contribution in [1.82, 2.24) is 5.32 Å². The maximum absolute atomic E-state index is 12.4. The average molecular weight is 258 g/mol. The molecule has 0 radical (unpaired) electrons. The summed E-state index contributed by atoms with van der Waals surface area (Å²) >= 11 is 0. The third-order valence-corrected chi connectivity index (χ3v) is 4.45. The van der Waals surface area contributed by atoms with E-state index >= 15 is 0 Å². The second kappa shape index (κ2) is 4.97. The summed E-state index contributed by atoms with van der Waals surface area (Å²) in [6.07, 6.45) is 1.10. The standard InChI is InChI=1S/C16H22N2O/c1-11(2)16(19)18-8-7-12-9-17-10-14(12)13-5-3-4-6-15(13)18/h3-6,11-12,14,17H,7-10H2,1-2H3. The smallest absolute Gasteiger partial charge is 0.229 e. The molecule has 3 rings (SSSR count). The van der Waals surface area contributed by atoms with Gasteiger partial charge in [0.15, 0.2) is 0 Å². The number of hydrogen-bond donors (Lipinski definition) is 1. The van der Waals surface area contributed by atoms with E-state index in [0.29, 0.717) is 11.8 Å². The molecule has 2 unspecified atom stereocenters. The molecule has 19 heavy (non-hydrogen) atoms. The van der Waals surface area contributed by atoms with Crippen molar-refractivity contribution in [2.24, 2.45) is 11.8 Å². The number of carbonyl (C=O) groups is 1. The first-order valence-corrected chi connectivity index (χ1v) is 7.29. The number of rotatable bonds is 1. The molecule has 1 amide bonds. The van der Waals surface area contributed by atoms with Crippen LogP contribution in [-0.2, 0) is 4.79 Å². The number of hydrogen-bond acceptors (Lipinski definition) is 2. The second-order valence-corrected chi connectivity index (χ2v) is 6.02. The van der Waals surface area contributed by atoms with Crippen LogP contribution < -0.4 is 10.2 Å². The molecule has 2 heterocycles. The van der Waals surface area contributed by atoms with Crippen LogP contribution in [0.4, 0.5) is 5.69 Å². The largest absolute Gasteiger partial charge is 0.316 e. The molecular weight excluding hydrogens is 236 g/mol. The fourth-order valence-electron chi connectivity index (χ4n) is 3.40. The Morgan fingerprint density at radius 2 is 2.11 bits per heavy atom. The van der Waals surface area contributed by atoms with Crippen LogP contribution in [0, 0.1) is 11.8 Å². The minimum atomic E-state index is 0.0594. The maximum Gasteiger partial charge on any atom is 0.229 e. The molecule has 0 aliphatic carbocycles. The van der Waals surface area contributed by atoms with Crippen LogP contribution in [0.25, 0.3) is 0 Å². The molecule has 2 atom stereocenters. The zero-order chi connectivity index (χ0) is 13.4. The van der Waals surface area contributed by atoms with Gasteiger partial charge < -0.3 is 10.2 Å². The Morgan fingerprint density at radius 1 is 1.32 bits per heavy atom. The summed E-state index contributed by atoms with van der Waals surface area (Å²) in [7, 11) is 0. The highest BCUT2D eigenvalue weighted by atomic mass is 16.2. The normalized spacial score (nSPS) is 25.9. The molecule has 102 valence electrons. The SMILES string of the molecule is CC(C)C(=O)N1CCC2CNCC2c2ccccc21. The summed E-state index contributed by atoms with van der Waals surface area (Å²) < 4.78 is 0. The van der Waals surface area contributed by atoms with Crippen molar-refractivity contribution in [3.8, 4) is 0 Å². The van der Waals surface area contributed by atoms with E-state index in [2.05, 4.69) is 23.5 Å². The van der Waals surface area contributed by atoms with E-state index < -0.39 is 0 Å². The first-order valence-electron chi connectivity index (χ1n) is 7.29. The van der Waals surface area contributed by atoms with Crippen molar-refractivity contribution in [2.75, 3.05) is 24.5 Å². The van der Waals surface area contributed by atoms with Gasteiger partial charge in [-0.2, -0.15) is 0 Å². The molecule has 2 aliphatic heterocycles. The lowest BCUT2D eigenvalue weighted by molar-refractivity contribution is -0.121. The zero-order valence-electron chi connectivity index (χ0n) is 11.7. The molecule has 1 fully saturated rings. The quantitative estimate of drug-likeness (QED) is 0.839. The second-order valence-electron chi connectivity index (χ2n) is 6.02. The number of fused-ring (bicyclic) bond motifs is 3. The van der Waals surface area contributed by atoms with E-state index in [0.717, 1.165) is 31.7 Å². The minimum Gasteiger partial charge on any atom is -0.316 e. The average Bonchev–Trinajstić information content (AvgIpc) is 2.82. The van der Waals surface area contributed by atoms with Crippen molar-refractivity contribution < 1.29 is 4.79 Å². The number of amides is 1. The third-order valence-electron chi connectivity index (χ3n) is 4.45. The lowest BCUT2D eigenvalue weighted by Crippen LogP contribution is -2.35. The highest BCUT2D eigenvalue weighted by molar-refractivity contribution is 5.95. The van der Waals surface area contributed by atoms with Crippen LogP contribution in [0.5, 0.6) is 0 Å². The molecular formula is C16H22N2O. The van der Waals surface area contributed by atoms with Crippen molar-refractivity contribution in [2.45, 2.75) is 26.2 Å².